The largest absolute Gasteiger partial charge is 0.383 e. The molecule has 1 fully saturated rings. The van der Waals surface area contributed by atoms with Crippen LogP contribution in [0.2, 0.25) is 0 Å². The summed E-state index contributed by atoms with van der Waals surface area (Å²) in [7, 11) is 0. The zero-order chi connectivity index (χ0) is 23.3. The number of carbonyl (C=O) groups excluding carboxylic acids is 2. The molecule has 4 N–H and O–H groups in total. The number of aromatic amines is 1. The maximum absolute atomic E-state index is 12.8. The van der Waals surface area contributed by atoms with Crippen LogP contribution >= 0.6 is 0 Å². The number of rotatable bonds is 8. The summed E-state index contributed by atoms with van der Waals surface area (Å²) in [5, 5.41) is 3.01. The summed E-state index contributed by atoms with van der Waals surface area (Å²) >= 11 is 0. The van der Waals surface area contributed by atoms with Crippen molar-refractivity contribution in [3.05, 3.63) is 20.8 Å². The number of nitrogens with one attached hydrogen (secondary N) is 2. The van der Waals surface area contributed by atoms with Crippen LogP contribution in [0.4, 0.5) is 11.5 Å². The predicted molar refractivity (Wildman–Crippen MR) is 121 cm³/mol. The molecule has 1 aliphatic rings. The minimum absolute atomic E-state index is 0.0190. The Balaban J connectivity index is 2.21. The molecule has 1 saturated heterocycles. The van der Waals surface area contributed by atoms with Gasteiger partial charge in [-0.15, -0.1) is 0 Å². The number of anilines is 2. The van der Waals surface area contributed by atoms with E-state index in [0.29, 0.717) is 39.0 Å². The Morgan fingerprint density at radius 3 is 2.29 bits per heavy atom. The van der Waals surface area contributed by atoms with Crippen molar-refractivity contribution in [1.29, 1.82) is 0 Å². The Bertz CT molecular complexity index is 896. The third kappa shape index (κ3) is 6.60. The molecule has 0 unspecified atom stereocenters. The molecule has 0 radical (unpaired) electrons. The van der Waals surface area contributed by atoms with Crippen LogP contribution in [-0.4, -0.2) is 58.5 Å². The highest BCUT2D eigenvalue weighted by molar-refractivity contribution is 5.82. The fourth-order valence-corrected chi connectivity index (χ4v) is 3.89. The number of nitrogens with zero attached hydrogens (tertiary/aromatic N) is 3. The van der Waals surface area contributed by atoms with E-state index in [1.807, 2.05) is 27.7 Å². The van der Waals surface area contributed by atoms with Crippen LogP contribution in [0.5, 0.6) is 0 Å². The third-order valence-electron chi connectivity index (χ3n) is 5.30. The number of nitrogen functional groups attached to an aromatic ring is 1. The van der Waals surface area contributed by atoms with Crippen LogP contribution in [0.25, 0.3) is 0 Å². The van der Waals surface area contributed by atoms with Gasteiger partial charge in [-0.2, -0.15) is 0 Å². The predicted octanol–water partition coefficient (Wildman–Crippen LogP) is 0.364. The first-order chi connectivity index (χ1) is 14.5. The molecular weight excluding hydrogens is 400 g/mol. The second-order valence-electron chi connectivity index (χ2n) is 9.12. The van der Waals surface area contributed by atoms with Crippen molar-refractivity contribution in [2.45, 2.75) is 60.0 Å². The first kappa shape index (κ1) is 24.5. The van der Waals surface area contributed by atoms with Gasteiger partial charge in [0.1, 0.15) is 11.5 Å². The van der Waals surface area contributed by atoms with E-state index in [9.17, 15) is 19.2 Å². The molecule has 1 aromatic heterocycles. The maximum atomic E-state index is 12.8. The smallest absolute Gasteiger partial charge is 0.330 e. The van der Waals surface area contributed by atoms with Crippen molar-refractivity contribution in [3.8, 4) is 0 Å². The second kappa shape index (κ2) is 10.5. The van der Waals surface area contributed by atoms with E-state index in [0.717, 1.165) is 0 Å². The highest BCUT2D eigenvalue weighted by Gasteiger charge is 2.25. The normalized spacial score (nSPS) is 14.9. The quantitative estimate of drug-likeness (QED) is 0.539. The molecule has 10 nitrogen and oxygen atoms in total. The Morgan fingerprint density at radius 1 is 1.16 bits per heavy atom. The number of hydrogen-bond donors (Lipinski definition) is 3. The van der Waals surface area contributed by atoms with Gasteiger partial charge in [0, 0.05) is 39.1 Å². The van der Waals surface area contributed by atoms with Gasteiger partial charge < -0.3 is 20.9 Å². The lowest BCUT2D eigenvalue weighted by atomic mass is 10.0. The van der Waals surface area contributed by atoms with Crippen LogP contribution in [0.1, 0.15) is 47.5 Å². The number of hydrogen-bond acceptors (Lipinski definition) is 6. The average Bonchev–Trinajstić information content (AvgIpc) is 2.64. The first-order valence-corrected chi connectivity index (χ1v) is 10.9. The average molecular weight is 437 g/mol. The van der Waals surface area contributed by atoms with Gasteiger partial charge in [0.25, 0.3) is 5.56 Å². The van der Waals surface area contributed by atoms with Gasteiger partial charge in [-0.25, -0.2) is 4.79 Å². The Morgan fingerprint density at radius 2 is 1.77 bits per heavy atom. The topological polar surface area (TPSA) is 134 Å². The lowest BCUT2D eigenvalue weighted by Gasteiger charge is -2.33. The number of aromatic nitrogens is 2. The lowest BCUT2D eigenvalue weighted by molar-refractivity contribution is -0.130. The summed E-state index contributed by atoms with van der Waals surface area (Å²) in [5.41, 5.74) is 5.25. The van der Waals surface area contributed by atoms with Gasteiger partial charge in [-0.1, -0.05) is 27.7 Å². The van der Waals surface area contributed by atoms with Gasteiger partial charge >= 0.3 is 5.69 Å². The number of amides is 2. The Labute approximate surface area is 182 Å². The number of carbonyl (C=O) groups is 2. The van der Waals surface area contributed by atoms with E-state index in [2.05, 4.69) is 10.3 Å². The highest BCUT2D eigenvalue weighted by atomic mass is 16.2. The number of likely N-dealkylation sites (tertiary alicyclic amines) is 1. The van der Waals surface area contributed by atoms with Crippen LogP contribution in [0.15, 0.2) is 9.59 Å². The van der Waals surface area contributed by atoms with Crippen LogP contribution in [0.3, 0.4) is 0 Å². The fourth-order valence-electron chi connectivity index (χ4n) is 3.89. The molecule has 10 heteroatoms. The highest BCUT2D eigenvalue weighted by Crippen LogP contribution is 2.19. The Hall–Kier alpha value is -2.78. The molecule has 1 aromatic rings. The molecule has 0 bridgehead atoms. The maximum Gasteiger partial charge on any atom is 0.330 e. The second-order valence-corrected chi connectivity index (χ2v) is 9.12. The SMILES string of the molecule is CC(=O)N1CCC(NC(=O)CN(CC(C)C)c2c(N)n(CC(C)C)c(=O)[nH]c2=O)CC1. The molecular formula is C21H36N6O4. The van der Waals surface area contributed by atoms with Crippen LogP contribution in [0, 0.1) is 11.8 Å². The van der Waals surface area contributed by atoms with E-state index in [-0.39, 0.29) is 47.7 Å². The minimum atomic E-state index is -0.592. The molecule has 0 spiro atoms. The molecule has 2 rings (SSSR count). The third-order valence-corrected chi connectivity index (χ3v) is 5.30. The zero-order valence-corrected chi connectivity index (χ0v) is 19.2. The first-order valence-electron chi connectivity index (χ1n) is 10.9. The fraction of sp³-hybridized carbons (Fsp3) is 0.714. The van der Waals surface area contributed by atoms with Crippen molar-refractivity contribution in [2.24, 2.45) is 11.8 Å². The van der Waals surface area contributed by atoms with Gasteiger partial charge in [-0.05, 0) is 24.7 Å². The van der Waals surface area contributed by atoms with Gasteiger partial charge in [0.2, 0.25) is 11.8 Å². The van der Waals surface area contributed by atoms with Crippen molar-refractivity contribution in [1.82, 2.24) is 19.8 Å². The molecule has 0 aliphatic carbocycles. The van der Waals surface area contributed by atoms with E-state index < -0.39 is 11.2 Å². The van der Waals surface area contributed by atoms with Crippen molar-refractivity contribution < 1.29 is 9.59 Å². The van der Waals surface area contributed by atoms with Crippen molar-refractivity contribution >= 4 is 23.3 Å². The molecule has 0 saturated carbocycles. The van der Waals surface area contributed by atoms with Crippen LogP contribution in [-0.2, 0) is 16.1 Å². The summed E-state index contributed by atoms with van der Waals surface area (Å²) in [6.07, 6.45) is 1.38. The van der Waals surface area contributed by atoms with E-state index in [1.54, 1.807) is 16.7 Å². The number of nitrogens with two attached hydrogens (primary N) is 1. The van der Waals surface area contributed by atoms with E-state index in [4.69, 9.17) is 5.73 Å². The van der Waals surface area contributed by atoms with Gasteiger partial charge in [-0.3, -0.25) is 23.9 Å². The molecule has 0 atom stereocenters. The lowest BCUT2D eigenvalue weighted by Crippen LogP contribution is -2.49. The summed E-state index contributed by atoms with van der Waals surface area (Å²) in [4.78, 5) is 54.9. The zero-order valence-electron chi connectivity index (χ0n) is 19.2. The summed E-state index contributed by atoms with van der Waals surface area (Å²) in [6.45, 7) is 11.4. The number of H-pyrrole nitrogens is 1. The summed E-state index contributed by atoms with van der Waals surface area (Å²) in [6, 6.07) is -0.0190. The van der Waals surface area contributed by atoms with Gasteiger partial charge in [0.15, 0.2) is 0 Å². The molecule has 0 aromatic carbocycles. The Kier molecular flexibility index (Phi) is 8.29. The van der Waals surface area contributed by atoms with E-state index >= 15 is 0 Å². The monoisotopic (exact) mass is 436 g/mol. The molecule has 174 valence electrons. The minimum Gasteiger partial charge on any atom is -0.383 e. The number of piperidine rings is 1. The molecule has 2 amide bonds. The van der Waals surface area contributed by atoms with E-state index in [1.165, 1.54) is 4.57 Å². The summed E-state index contributed by atoms with van der Waals surface area (Å²) in [5.74, 6) is 0.212. The standard InChI is InChI=1S/C21H36N6O4/c1-13(2)10-26(12-17(29)23-16-6-8-25(9-7-16)15(5)28)18-19(22)27(11-14(3)4)21(31)24-20(18)30/h13-14,16H,6-12,22H2,1-5H3,(H,23,29)(H,24,30,31). The molecule has 2 heterocycles. The van der Waals surface area contributed by atoms with Crippen molar-refractivity contribution in [3.63, 3.8) is 0 Å². The van der Waals surface area contributed by atoms with Crippen LogP contribution < -0.4 is 27.2 Å². The van der Waals surface area contributed by atoms with Crippen molar-refractivity contribution in [2.75, 3.05) is 36.8 Å². The van der Waals surface area contributed by atoms with Gasteiger partial charge in [0.05, 0.1) is 6.54 Å². The molecule has 1 aliphatic heterocycles. The summed E-state index contributed by atoms with van der Waals surface area (Å²) < 4.78 is 1.35. The molecule has 31 heavy (non-hydrogen) atoms.